The molecule has 1 aromatic rings. The Kier molecular flexibility index (Phi) is 4.71. The lowest BCUT2D eigenvalue weighted by atomic mass is 9.93. The maximum Gasteiger partial charge on any atom is 0.229 e. The van der Waals surface area contributed by atoms with Crippen molar-refractivity contribution in [2.45, 2.75) is 40.0 Å². The van der Waals surface area contributed by atoms with Crippen LogP contribution >= 0.6 is 0 Å². The first kappa shape index (κ1) is 14.5. The molecule has 0 saturated heterocycles. The third kappa shape index (κ3) is 3.73. The largest absolute Gasteiger partial charge is 0.325 e. The average Bonchev–Trinajstić information content (AvgIpc) is 2.28. The molecule has 1 atom stereocenters. The van der Waals surface area contributed by atoms with Gasteiger partial charge in [0.05, 0.1) is 0 Å². The fourth-order valence-corrected chi connectivity index (χ4v) is 1.73. The Morgan fingerprint density at radius 2 is 2.00 bits per heavy atom. The van der Waals surface area contributed by atoms with E-state index in [1.54, 1.807) is 0 Å². The van der Waals surface area contributed by atoms with Crippen LogP contribution in [0.4, 0.5) is 5.69 Å². The second-order valence-electron chi connectivity index (χ2n) is 5.72. The minimum atomic E-state index is -0.380. The van der Waals surface area contributed by atoms with Crippen LogP contribution in [0.3, 0.4) is 0 Å². The molecule has 0 unspecified atom stereocenters. The quantitative estimate of drug-likeness (QED) is 0.785. The van der Waals surface area contributed by atoms with Crippen molar-refractivity contribution in [2.75, 3.05) is 5.32 Å². The molecule has 0 aliphatic heterocycles. The van der Waals surface area contributed by atoms with Gasteiger partial charge in [-0.3, -0.25) is 4.79 Å². The average molecular weight is 245 g/mol. The number of hydrogen-bond donors (Lipinski definition) is 1. The zero-order chi connectivity index (χ0) is 13.8. The van der Waals surface area contributed by atoms with E-state index >= 15 is 0 Å². The van der Waals surface area contributed by atoms with E-state index in [9.17, 15) is 4.79 Å². The van der Waals surface area contributed by atoms with E-state index in [2.05, 4.69) is 24.9 Å². The number of nitrogens with one attached hydrogen (secondary N) is 1. The van der Waals surface area contributed by atoms with E-state index in [0.29, 0.717) is 5.92 Å². The molecular weight excluding hydrogens is 222 g/mol. The second-order valence-corrected chi connectivity index (χ2v) is 5.72. The van der Waals surface area contributed by atoms with Gasteiger partial charge in [-0.1, -0.05) is 52.0 Å². The first-order valence-corrected chi connectivity index (χ1v) is 6.37. The molecule has 1 amide bonds. The van der Waals surface area contributed by atoms with Crippen molar-refractivity contribution in [3.05, 3.63) is 42.5 Å². The van der Waals surface area contributed by atoms with Gasteiger partial charge in [0.15, 0.2) is 0 Å². The van der Waals surface area contributed by atoms with Crippen molar-refractivity contribution >= 4 is 11.6 Å². The number of rotatable bonds is 4. The van der Waals surface area contributed by atoms with Gasteiger partial charge in [0.1, 0.15) is 0 Å². The molecule has 18 heavy (non-hydrogen) atoms. The Balaban J connectivity index is 2.96. The minimum Gasteiger partial charge on any atom is -0.325 e. The van der Waals surface area contributed by atoms with Crippen LogP contribution < -0.4 is 5.32 Å². The van der Waals surface area contributed by atoms with Crippen molar-refractivity contribution < 1.29 is 4.79 Å². The van der Waals surface area contributed by atoms with Gasteiger partial charge in [-0.25, -0.2) is 0 Å². The third-order valence-corrected chi connectivity index (χ3v) is 2.94. The van der Waals surface area contributed by atoms with Crippen LogP contribution in [0.5, 0.6) is 0 Å². The monoisotopic (exact) mass is 245 g/mol. The minimum absolute atomic E-state index is 0.0424. The molecule has 0 saturated carbocycles. The van der Waals surface area contributed by atoms with Crippen LogP contribution in [0.15, 0.2) is 36.9 Å². The molecule has 1 aromatic carbocycles. The van der Waals surface area contributed by atoms with Gasteiger partial charge in [0.2, 0.25) is 5.91 Å². The Morgan fingerprint density at radius 1 is 1.39 bits per heavy atom. The Morgan fingerprint density at radius 3 is 2.56 bits per heavy atom. The molecule has 2 heteroatoms. The lowest BCUT2D eigenvalue weighted by molar-refractivity contribution is -0.123. The Bertz CT molecular complexity index is 429. The highest BCUT2D eigenvalue weighted by Crippen LogP contribution is 2.28. The van der Waals surface area contributed by atoms with Crippen LogP contribution in [-0.2, 0) is 4.79 Å². The normalized spacial score (nSPS) is 12.9. The maximum absolute atomic E-state index is 12.0. The number of hydrogen-bond acceptors (Lipinski definition) is 1. The molecule has 0 aliphatic carbocycles. The molecule has 0 radical (unpaired) electrons. The third-order valence-electron chi connectivity index (χ3n) is 2.94. The van der Waals surface area contributed by atoms with Gasteiger partial charge < -0.3 is 5.32 Å². The number of para-hydroxylation sites is 1. The molecule has 0 spiro atoms. The Hall–Kier alpha value is -1.57. The number of carbonyl (C=O) groups is 1. The zero-order valence-corrected chi connectivity index (χ0v) is 11.8. The van der Waals surface area contributed by atoms with Gasteiger partial charge in [-0.2, -0.15) is 0 Å². The summed E-state index contributed by atoms with van der Waals surface area (Å²) < 4.78 is 0. The number of carbonyl (C=O) groups excluding carboxylic acids is 1. The van der Waals surface area contributed by atoms with E-state index in [1.165, 1.54) is 0 Å². The topological polar surface area (TPSA) is 29.1 Å². The van der Waals surface area contributed by atoms with E-state index in [4.69, 9.17) is 0 Å². The summed E-state index contributed by atoms with van der Waals surface area (Å²) in [5, 5.41) is 3.02. The number of allylic oxidation sites excluding steroid dienone is 1. The van der Waals surface area contributed by atoms with Crippen LogP contribution in [-0.4, -0.2) is 5.91 Å². The molecule has 0 bridgehead atoms. The van der Waals surface area contributed by atoms with Gasteiger partial charge in [-0.05, 0) is 24.0 Å². The lowest BCUT2D eigenvalue weighted by Crippen LogP contribution is -2.28. The van der Waals surface area contributed by atoms with Gasteiger partial charge in [-0.15, -0.1) is 6.58 Å². The summed E-state index contributed by atoms with van der Waals surface area (Å²) in [5.74, 6) is 0.403. The highest BCUT2D eigenvalue weighted by Gasteiger charge is 2.22. The zero-order valence-electron chi connectivity index (χ0n) is 11.8. The van der Waals surface area contributed by atoms with Crippen molar-refractivity contribution in [2.24, 2.45) is 5.41 Å². The molecule has 0 heterocycles. The number of amides is 1. The molecule has 98 valence electrons. The van der Waals surface area contributed by atoms with E-state index in [1.807, 2.05) is 45.0 Å². The van der Waals surface area contributed by atoms with Gasteiger partial charge >= 0.3 is 0 Å². The van der Waals surface area contributed by atoms with Crippen LogP contribution in [0.2, 0.25) is 0 Å². The summed E-state index contributed by atoms with van der Waals surface area (Å²) in [6.07, 6.45) is 2.81. The summed E-state index contributed by atoms with van der Waals surface area (Å²) in [6.45, 7) is 11.7. The van der Waals surface area contributed by atoms with Crippen molar-refractivity contribution in [3.63, 3.8) is 0 Å². The molecular formula is C16H23NO. The summed E-state index contributed by atoms with van der Waals surface area (Å²) >= 11 is 0. The maximum atomic E-state index is 12.0. The first-order valence-electron chi connectivity index (χ1n) is 6.37. The molecule has 2 nitrogen and oxygen atoms in total. The fraction of sp³-hybridized carbons (Fsp3) is 0.438. The summed E-state index contributed by atoms with van der Waals surface area (Å²) in [4.78, 5) is 12.0. The summed E-state index contributed by atoms with van der Waals surface area (Å²) in [7, 11) is 0. The van der Waals surface area contributed by atoms with Gasteiger partial charge in [0, 0.05) is 11.1 Å². The smallest absolute Gasteiger partial charge is 0.229 e. The van der Waals surface area contributed by atoms with E-state index in [-0.39, 0.29) is 11.3 Å². The molecule has 0 aliphatic rings. The molecule has 1 N–H and O–H groups in total. The van der Waals surface area contributed by atoms with Gasteiger partial charge in [0.25, 0.3) is 0 Å². The summed E-state index contributed by atoms with van der Waals surface area (Å²) in [6, 6.07) is 7.97. The lowest BCUT2D eigenvalue weighted by Gasteiger charge is -2.21. The first-order chi connectivity index (χ1) is 8.36. The van der Waals surface area contributed by atoms with Crippen molar-refractivity contribution in [1.29, 1.82) is 0 Å². The highest BCUT2D eigenvalue weighted by atomic mass is 16.2. The standard InChI is InChI=1S/C16H23NO/c1-6-9-12(2)13-10-7-8-11-14(13)17-15(18)16(3,4)5/h6-8,10-12H,1,9H2,2-5H3,(H,17,18)/t12-/m1/s1. The molecule has 0 fully saturated rings. The van der Waals surface area contributed by atoms with E-state index in [0.717, 1.165) is 17.7 Å². The predicted molar refractivity (Wildman–Crippen MR) is 77.8 cm³/mol. The van der Waals surface area contributed by atoms with Crippen molar-refractivity contribution in [1.82, 2.24) is 0 Å². The van der Waals surface area contributed by atoms with Crippen LogP contribution in [0, 0.1) is 5.41 Å². The number of benzene rings is 1. The second kappa shape index (κ2) is 5.85. The SMILES string of the molecule is C=CC[C@@H](C)c1ccccc1NC(=O)C(C)(C)C. The molecule has 1 rings (SSSR count). The van der Waals surface area contributed by atoms with Crippen LogP contribution in [0.1, 0.15) is 45.6 Å². The van der Waals surface area contributed by atoms with E-state index < -0.39 is 0 Å². The van der Waals surface area contributed by atoms with Crippen LogP contribution in [0.25, 0.3) is 0 Å². The fourth-order valence-electron chi connectivity index (χ4n) is 1.73. The summed E-state index contributed by atoms with van der Waals surface area (Å²) in [5.41, 5.74) is 1.69. The number of anilines is 1. The highest BCUT2D eigenvalue weighted by molar-refractivity contribution is 5.95. The molecule has 0 aromatic heterocycles. The predicted octanol–water partition coefficient (Wildman–Crippen LogP) is 4.35. The Labute approximate surface area is 110 Å². The van der Waals surface area contributed by atoms with Crippen molar-refractivity contribution in [3.8, 4) is 0 Å².